The summed E-state index contributed by atoms with van der Waals surface area (Å²) in [5, 5.41) is 0. The van der Waals surface area contributed by atoms with E-state index in [1.54, 1.807) is 0 Å². The third kappa shape index (κ3) is 3.50. The lowest BCUT2D eigenvalue weighted by atomic mass is 10.1. The van der Waals surface area contributed by atoms with E-state index in [-0.39, 0.29) is 5.97 Å². The molecule has 3 heteroatoms. The number of rotatable bonds is 4. The van der Waals surface area contributed by atoms with Gasteiger partial charge in [-0.2, -0.15) is 0 Å². The molecule has 1 fully saturated rings. The maximum Gasteiger partial charge on any atom is 0.330 e. The maximum absolute atomic E-state index is 11.0. The molecular formula is C11H19NO2. The zero-order valence-electron chi connectivity index (χ0n) is 9.03. The van der Waals surface area contributed by atoms with Gasteiger partial charge in [-0.25, -0.2) is 4.79 Å². The molecule has 0 aromatic rings. The molecule has 1 saturated heterocycles. The molecule has 0 bridgehead atoms. The van der Waals surface area contributed by atoms with Crippen LogP contribution in [-0.4, -0.2) is 37.1 Å². The molecule has 0 spiro atoms. The van der Waals surface area contributed by atoms with Crippen molar-refractivity contribution in [3.8, 4) is 0 Å². The predicted octanol–water partition coefficient (Wildman–Crippen LogP) is 1.59. The van der Waals surface area contributed by atoms with Gasteiger partial charge in [0.15, 0.2) is 0 Å². The van der Waals surface area contributed by atoms with E-state index in [0.717, 1.165) is 6.42 Å². The third-order valence-corrected chi connectivity index (χ3v) is 2.62. The highest BCUT2D eigenvalue weighted by Gasteiger charge is 2.18. The van der Waals surface area contributed by atoms with E-state index >= 15 is 0 Å². The van der Waals surface area contributed by atoms with E-state index in [1.165, 1.54) is 25.5 Å². The normalized spacial score (nSPS) is 23.1. The van der Waals surface area contributed by atoms with Crippen LogP contribution < -0.4 is 0 Å². The molecule has 0 aromatic heterocycles. The fraction of sp³-hybridized carbons (Fsp3) is 0.727. The van der Waals surface area contributed by atoms with Crippen LogP contribution in [0.4, 0.5) is 0 Å². The van der Waals surface area contributed by atoms with Crippen molar-refractivity contribution in [2.75, 3.05) is 20.2 Å². The van der Waals surface area contributed by atoms with Gasteiger partial charge in [0.05, 0.1) is 6.61 Å². The number of hydrogen-bond acceptors (Lipinski definition) is 3. The van der Waals surface area contributed by atoms with Crippen molar-refractivity contribution >= 4 is 5.97 Å². The molecule has 14 heavy (non-hydrogen) atoms. The molecule has 0 saturated carbocycles. The molecule has 1 unspecified atom stereocenters. The van der Waals surface area contributed by atoms with Crippen molar-refractivity contribution in [1.82, 2.24) is 4.90 Å². The Hall–Kier alpha value is -0.830. The van der Waals surface area contributed by atoms with Gasteiger partial charge in [0.1, 0.15) is 0 Å². The summed E-state index contributed by atoms with van der Waals surface area (Å²) in [5.41, 5.74) is 0. The molecule has 1 aliphatic heterocycles. The van der Waals surface area contributed by atoms with E-state index in [9.17, 15) is 4.79 Å². The molecular weight excluding hydrogens is 178 g/mol. The molecule has 0 aromatic carbocycles. The summed E-state index contributed by atoms with van der Waals surface area (Å²) in [6.07, 6.45) is 6.92. The first-order valence-electron chi connectivity index (χ1n) is 5.27. The Morgan fingerprint density at radius 3 is 3.00 bits per heavy atom. The zero-order chi connectivity index (χ0) is 10.4. The van der Waals surface area contributed by atoms with Gasteiger partial charge in [0, 0.05) is 12.1 Å². The number of nitrogens with zero attached hydrogens (tertiary/aromatic N) is 1. The molecule has 0 radical (unpaired) electrons. The summed E-state index contributed by atoms with van der Waals surface area (Å²) in [4.78, 5) is 13.3. The van der Waals surface area contributed by atoms with Crippen LogP contribution in [0.2, 0.25) is 0 Å². The Morgan fingerprint density at radius 1 is 1.64 bits per heavy atom. The fourth-order valence-electron chi connectivity index (χ4n) is 1.79. The second kappa shape index (κ2) is 5.81. The van der Waals surface area contributed by atoms with Gasteiger partial charge < -0.3 is 9.64 Å². The van der Waals surface area contributed by atoms with E-state index in [1.807, 2.05) is 13.0 Å². The Bertz CT molecular complexity index is 213. The summed E-state index contributed by atoms with van der Waals surface area (Å²) >= 11 is 0. The van der Waals surface area contributed by atoms with Gasteiger partial charge in [0.2, 0.25) is 0 Å². The molecule has 0 aliphatic carbocycles. The molecule has 0 N–H and O–H groups in total. The van der Waals surface area contributed by atoms with Crippen molar-refractivity contribution in [1.29, 1.82) is 0 Å². The number of likely N-dealkylation sites (tertiary alicyclic amines) is 1. The van der Waals surface area contributed by atoms with Crippen LogP contribution in [-0.2, 0) is 9.53 Å². The Morgan fingerprint density at radius 2 is 2.43 bits per heavy atom. The molecule has 0 amide bonds. The quantitative estimate of drug-likeness (QED) is 0.506. The van der Waals surface area contributed by atoms with Crippen LogP contribution in [0.1, 0.15) is 26.2 Å². The zero-order valence-corrected chi connectivity index (χ0v) is 9.03. The predicted molar refractivity (Wildman–Crippen MR) is 56.0 cm³/mol. The van der Waals surface area contributed by atoms with Gasteiger partial charge in [0.25, 0.3) is 0 Å². The van der Waals surface area contributed by atoms with Crippen LogP contribution in [0.5, 0.6) is 0 Å². The number of carbonyl (C=O) groups is 1. The SMILES string of the molecule is CCOC(=O)/C=C/CC1CCCN1C. The van der Waals surface area contributed by atoms with E-state index < -0.39 is 0 Å². The van der Waals surface area contributed by atoms with Crippen LogP contribution in [0.15, 0.2) is 12.2 Å². The summed E-state index contributed by atoms with van der Waals surface area (Å²) in [6.45, 7) is 3.45. The minimum atomic E-state index is -0.229. The minimum absolute atomic E-state index is 0.229. The highest BCUT2D eigenvalue weighted by Crippen LogP contribution is 2.17. The maximum atomic E-state index is 11.0. The van der Waals surface area contributed by atoms with Crippen molar-refractivity contribution in [3.05, 3.63) is 12.2 Å². The molecule has 1 atom stereocenters. The first kappa shape index (κ1) is 11.2. The van der Waals surface area contributed by atoms with Gasteiger partial charge in [-0.1, -0.05) is 6.08 Å². The standard InChI is InChI=1S/C11H19NO2/c1-3-14-11(13)8-4-6-10-7-5-9-12(10)2/h4,8,10H,3,5-7,9H2,1-2H3/b8-4+. The van der Waals surface area contributed by atoms with E-state index in [2.05, 4.69) is 11.9 Å². The van der Waals surface area contributed by atoms with Gasteiger partial charge in [-0.3, -0.25) is 0 Å². The smallest absolute Gasteiger partial charge is 0.330 e. The van der Waals surface area contributed by atoms with Crippen LogP contribution in [0.3, 0.4) is 0 Å². The Labute approximate surface area is 85.7 Å². The number of ether oxygens (including phenoxy) is 1. The lowest BCUT2D eigenvalue weighted by Crippen LogP contribution is -2.23. The first-order chi connectivity index (χ1) is 6.74. The first-order valence-corrected chi connectivity index (χ1v) is 5.27. The highest BCUT2D eigenvalue weighted by molar-refractivity contribution is 5.81. The second-order valence-corrected chi connectivity index (χ2v) is 3.67. The van der Waals surface area contributed by atoms with E-state index in [0.29, 0.717) is 12.6 Å². The van der Waals surface area contributed by atoms with Crippen molar-refractivity contribution in [2.24, 2.45) is 0 Å². The molecule has 1 aliphatic rings. The largest absolute Gasteiger partial charge is 0.463 e. The van der Waals surface area contributed by atoms with Crippen molar-refractivity contribution < 1.29 is 9.53 Å². The van der Waals surface area contributed by atoms with Gasteiger partial charge in [-0.05, 0) is 39.8 Å². The number of carbonyl (C=O) groups excluding carboxylic acids is 1. The summed E-state index contributed by atoms with van der Waals surface area (Å²) < 4.78 is 4.79. The minimum Gasteiger partial charge on any atom is -0.463 e. The van der Waals surface area contributed by atoms with Crippen LogP contribution >= 0.6 is 0 Å². The van der Waals surface area contributed by atoms with Crippen molar-refractivity contribution in [3.63, 3.8) is 0 Å². The number of hydrogen-bond donors (Lipinski definition) is 0. The summed E-state index contributed by atoms with van der Waals surface area (Å²) in [6, 6.07) is 0.612. The third-order valence-electron chi connectivity index (χ3n) is 2.62. The molecule has 80 valence electrons. The Balaban J connectivity index is 2.22. The Kier molecular flexibility index (Phi) is 4.66. The lowest BCUT2D eigenvalue weighted by Gasteiger charge is -2.16. The molecule has 1 rings (SSSR count). The van der Waals surface area contributed by atoms with Crippen LogP contribution in [0.25, 0.3) is 0 Å². The fourth-order valence-corrected chi connectivity index (χ4v) is 1.79. The highest BCUT2D eigenvalue weighted by atomic mass is 16.5. The monoisotopic (exact) mass is 197 g/mol. The van der Waals surface area contributed by atoms with Crippen molar-refractivity contribution in [2.45, 2.75) is 32.2 Å². The van der Waals surface area contributed by atoms with E-state index in [4.69, 9.17) is 4.74 Å². The average molecular weight is 197 g/mol. The summed E-state index contributed by atoms with van der Waals surface area (Å²) in [5.74, 6) is -0.229. The van der Waals surface area contributed by atoms with Gasteiger partial charge >= 0.3 is 5.97 Å². The lowest BCUT2D eigenvalue weighted by molar-refractivity contribution is -0.137. The van der Waals surface area contributed by atoms with Gasteiger partial charge in [-0.15, -0.1) is 0 Å². The average Bonchev–Trinajstić information content (AvgIpc) is 2.52. The number of esters is 1. The molecule has 3 nitrogen and oxygen atoms in total. The molecule has 1 heterocycles. The second-order valence-electron chi connectivity index (χ2n) is 3.67. The van der Waals surface area contributed by atoms with Crippen LogP contribution in [0, 0.1) is 0 Å². The summed E-state index contributed by atoms with van der Waals surface area (Å²) in [7, 11) is 2.13. The topological polar surface area (TPSA) is 29.5 Å².